The molecule has 1 heterocycles. The summed E-state index contributed by atoms with van der Waals surface area (Å²) < 4.78 is 54.7. The summed E-state index contributed by atoms with van der Waals surface area (Å²) in [6.45, 7) is -0.941. The Balaban J connectivity index is 1.59. The molecule has 28 heavy (non-hydrogen) atoms. The number of nitrogens with one attached hydrogen (secondary N) is 1. The van der Waals surface area contributed by atoms with Crippen LogP contribution in [-0.4, -0.2) is 31.2 Å². The van der Waals surface area contributed by atoms with Gasteiger partial charge < -0.3 is 19.5 Å². The molecule has 0 saturated heterocycles. The van der Waals surface area contributed by atoms with E-state index in [0.29, 0.717) is 11.5 Å². The molecule has 1 atom stereocenters. The zero-order valence-electron chi connectivity index (χ0n) is 14.1. The average Bonchev–Trinajstić information content (AvgIpc) is 2.66. The second-order valence-electron chi connectivity index (χ2n) is 5.68. The van der Waals surface area contributed by atoms with E-state index in [1.165, 1.54) is 6.07 Å². The number of fused-ring (bicyclic) bond motifs is 1. The zero-order chi connectivity index (χ0) is 20.3. The first-order valence-corrected chi connectivity index (χ1v) is 8.34. The molecule has 0 bridgehead atoms. The molecule has 2 aromatic carbocycles. The van der Waals surface area contributed by atoms with Gasteiger partial charge in [-0.1, -0.05) is 29.8 Å². The molecule has 1 aliphatic rings. The first-order valence-electron chi connectivity index (χ1n) is 7.96. The maximum absolute atomic E-state index is 13.0. The number of hydrogen-bond acceptors (Lipinski definition) is 5. The highest BCUT2D eigenvalue weighted by atomic mass is 35.5. The van der Waals surface area contributed by atoms with Crippen LogP contribution in [0.15, 0.2) is 42.5 Å². The Morgan fingerprint density at radius 2 is 1.86 bits per heavy atom. The van der Waals surface area contributed by atoms with Crippen LogP contribution in [0.1, 0.15) is 5.56 Å². The van der Waals surface area contributed by atoms with Crippen LogP contribution in [0.4, 0.5) is 18.9 Å². The Bertz CT molecular complexity index is 903. The van der Waals surface area contributed by atoms with E-state index < -0.39 is 42.0 Å². The molecule has 10 heteroatoms. The van der Waals surface area contributed by atoms with Crippen LogP contribution in [0.2, 0.25) is 5.02 Å². The standard InChI is InChI=1S/C18H13ClF3NO5/c19-11-5-3-4-10(18(20,21)22)16(11)23-15(24)9-27-17(25)14-8-26-12-6-1-2-7-13(12)28-14/h1-7,14H,8-9H2,(H,23,24)/t14-/m0/s1. The van der Waals surface area contributed by atoms with Gasteiger partial charge in [0.1, 0.15) is 6.61 Å². The van der Waals surface area contributed by atoms with Gasteiger partial charge in [-0.05, 0) is 24.3 Å². The smallest absolute Gasteiger partial charge is 0.418 e. The van der Waals surface area contributed by atoms with Gasteiger partial charge in [0.25, 0.3) is 5.91 Å². The molecule has 0 radical (unpaired) electrons. The third-order valence-corrected chi connectivity index (χ3v) is 4.02. The third kappa shape index (κ3) is 4.48. The summed E-state index contributed by atoms with van der Waals surface area (Å²) >= 11 is 5.75. The fourth-order valence-corrected chi connectivity index (χ4v) is 2.65. The molecule has 3 rings (SSSR count). The van der Waals surface area contributed by atoms with Gasteiger partial charge in [0, 0.05) is 0 Å². The Kier molecular flexibility index (Phi) is 5.64. The van der Waals surface area contributed by atoms with Gasteiger partial charge in [-0.2, -0.15) is 13.2 Å². The Hall–Kier alpha value is -2.94. The van der Waals surface area contributed by atoms with Gasteiger partial charge in [0.15, 0.2) is 18.1 Å². The number of halogens is 4. The highest BCUT2D eigenvalue weighted by molar-refractivity contribution is 6.34. The number of carbonyl (C=O) groups excluding carboxylic acids is 2. The molecule has 6 nitrogen and oxygen atoms in total. The van der Waals surface area contributed by atoms with Crippen molar-refractivity contribution in [2.75, 3.05) is 18.5 Å². The normalized spacial score (nSPS) is 15.6. The van der Waals surface area contributed by atoms with Gasteiger partial charge in [0.05, 0.1) is 16.3 Å². The van der Waals surface area contributed by atoms with Gasteiger partial charge >= 0.3 is 12.1 Å². The van der Waals surface area contributed by atoms with Crippen molar-refractivity contribution in [3.63, 3.8) is 0 Å². The molecule has 148 valence electrons. The molecule has 0 spiro atoms. The van der Waals surface area contributed by atoms with Crippen molar-refractivity contribution in [2.24, 2.45) is 0 Å². The highest BCUT2D eigenvalue weighted by Crippen LogP contribution is 2.38. The summed E-state index contributed by atoms with van der Waals surface area (Å²) in [5.74, 6) is -1.07. The van der Waals surface area contributed by atoms with Crippen LogP contribution in [0.3, 0.4) is 0 Å². The third-order valence-electron chi connectivity index (χ3n) is 3.70. The second kappa shape index (κ2) is 7.97. The summed E-state index contributed by atoms with van der Waals surface area (Å²) in [5.41, 5.74) is -1.72. The average molecular weight is 416 g/mol. The van der Waals surface area contributed by atoms with Crippen LogP contribution in [0.5, 0.6) is 11.5 Å². The lowest BCUT2D eigenvalue weighted by Crippen LogP contribution is -2.39. The van der Waals surface area contributed by atoms with E-state index in [1.807, 2.05) is 5.32 Å². The number of benzene rings is 2. The lowest BCUT2D eigenvalue weighted by molar-refractivity contribution is -0.156. The van der Waals surface area contributed by atoms with Crippen LogP contribution in [-0.2, 0) is 20.5 Å². The van der Waals surface area contributed by atoms with E-state index in [0.717, 1.165) is 12.1 Å². The fourth-order valence-electron chi connectivity index (χ4n) is 2.43. The summed E-state index contributed by atoms with van der Waals surface area (Å²) in [5, 5.41) is 1.72. The topological polar surface area (TPSA) is 73.9 Å². The van der Waals surface area contributed by atoms with Crippen molar-refractivity contribution in [3.8, 4) is 11.5 Å². The van der Waals surface area contributed by atoms with Gasteiger partial charge in [0.2, 0.25) is 6.10 Å². The van der Waals surface area contributed by atoms with E-state index >= 15 is 0 Å². The minimum Gasteiger partial charge on any atom is -0.485 e. The van der Waals surface area contributed by atoms with Crippen LogP contribution >= 0.6 is 11.6 Å². The lowest BCUT2D eigenvalue weighted by atomic mass is 10.1. The van der Waals surface area contributed by atoms with E-state index in [2.05, 4.69) is 0 Å². The quantitative estimate of drug-likeness (QED) is 0.771. The van der Waals surface area contributed by atoms with Crippen LogP contribution in [0, 0.1) is 0 Å². The lowest BCUT2D eigenvalue weighted by Gasteiger charge is -2.24. The monoisotopic (exact) mass is 415 g/mol. The number of alkyl halides is 3. The largest absolute Gasteiger partial charge is 0.485 e. The predicted molar refractivity (Wildman–Crippen MR) is 92.4 cm³/mol. The summed E-state index contributed by atoms with van der Waals surface area (Å²) in [4.78, 5) is 24.0. The fraction of sp³-hybridized carbons (Fsp3) is 0.222. The van der Waals surface area contributed by atoms with E-state index in [9.17, 15) is 22.8 Å². The van der Waals surface area contributed by atoms with Crippen molar-refractivity contribution in [1.29, 1.82) is 0 Å². The number of para-hydroxylation sites is 3. The number of carbonyl (C=O) groups is 2. The van der Waals surface area contributed by atoms with Crippen molar-refractivity contribution < 1.29 is 37.0 Å². The maximum Gasteiger partial charge on any atom is 0.418 e. The SMILES string of the molecule is O=C(COC(=O)[C@@H]1COc2ccccc2O1)Nc1c(Cl)cccc1C(F)(F)F. The van der Waals surface area contributed by atoms with Gasteiger partial charge in [-0.15, -0.1) is 0 Å². The molecule has 2 aromatic rings. The summed E-state index contributed by atoms with van der Waals surface area (Å²) in [7, 11) is 0. The van der Waals surface area contributed by atoms with Crippen molar-refractivity contribution in [2.45, 2.75) is 12.3 Å². The van der Waals surface area contributed by atoms with Crippen LogP contribution in [0.25, 0.3) is 0 Å². The first-order chi connectivity index (χ1) is 13.3. The molecule has 0 aliphatic carbocycles. The molecule has 1 N–H and O–H groups in total. The molecule has 1 amide bonds. The predicted octanol–water partition coefficient (Wildman–Crippen LogP) is 3.68. The van der Waals surface area contributed by atoms with E-state index in [-0.39, 0.29) is 11.6 Å². The van der Waals surface area contributed by atoms with Crippen molar-refractivity contribution >= 4 is 29.2 Å². The minimum atomic E-state index is -4.72. The zero-order valence-corrected chi connectivity index (χ0v) is 14.8. The molecular weight excluding hydrogens is 403 g/mol. The van der Waals surface area contributed by atoms with Crippen molar-refractivity contribution in [1.82, 2.24) is 0 Å². The Morgan fingerprint density at radius 3 is 2.57 bits per heavy atom. The van der Waals surface area contributed by atoms with Crippen LogP contribution < -0.4 is 14.8 Å². The Labute approximate surface area is 162 Å². The maximum atomic E-state index is 13.0. The number of amides is 1. The molecular formula is C18H13ClF3NO5. The van der Waals surface area contributed by atoms with E-state index in [1.54, 1.807) is 24.3 Å². The number of hydrogen-bond donors (Lipinski definition) is 1. The summed E-state index contributed by atoms with van der Waals surface area (Å²) in [6, 6.07) is 9.75. The van der Waals surface area contributed by atoms with Gasteiger partial charge in [-0.25, -0.2) is 4.79 Å². The molecule has 0 unspecified atom stereocenters. The minimum absolute atomic E-state index is 0.125. The second-order valence-corrected chi connectivity index (χ2v) is 6.09. The molecule has 0 saturated carbocycles. The summed E-state index contributed by atoms with van der Waals surface area (Å²) in [6.07, 6.45) is -5.82. The Morgan fingerprint density at radius 1 is 1.14 bits per heavy atom. The number of ether oxygens (including phenoxy) is 3. The molecule has 0 aromatic heterocycles. The molecule has 1 aliphatic heterocycles. The van der Waals surface area contributed by atoms with Crippen molar-refractivity contribution in [3.05, 3.63) is 53.1 Å². The van der Waals surface area contributed by atoms with Gasteiger partial charge in [-0.3, -0.25) is 4.79 Å². The highest BCUT2D eigenvalue weighted by Gasteiger charge is 2.35. The number of rotatable bonds is 4. The number of anilines is 1. The first kappa shape index (κ1) is 19.8. The van der Waals surface area contributed by atoms with E-state index in [4.69, 9.17) is 25.8 Å². The molecule has 0 fully saturated rings. The number of esters is 1.